The zero-order valence-corrected chi connectivity index (χ0v) is 11.8. The van der Waals surface area contributed by atoms with Crippen LogP contribution < -0.4 is 14.8 Å². The first-order valence-electron chi connectivity index (χ1n) is 6.03. The van der Waals surface area contributed by atoms with Gasteiger partial charge in [0.1, 0.15) is 5.67 Å². The number of methoxy groups -OCH3 is 2. The number of rotatable bonds is 6. The fourth-order valence-electron chi connectivity index (χ4n) is 1.83. The van der Waals surface area contributed by atoms with Crippen LogP contribution in [0.1, 0.15) is 25.0 Å². The fourth-order valence-corrected chi connectivity index (χ4v) is 1.83. The molecule has 0 heterocycles. The van der Waals surface area contributed by atoms with Gasteiger partial charge in [-0.2, -0.15) is 0 Å². The molecule has 0 aliphatic heterocycles. The van der Waals surface area contributed by atoms with Crippen molar-refractivity contribution in [2.45, 2.75) is 25.9 Å². The number of alkyl halides is 1. The minimum absolute atomic E-state index is 0.576. The Balaban J connectivity index is 3.26. The van der Waals surface area contributed by atoms with E-state index in [9.17, 15) is 4.39 Å². The van der Waals surface area contributed by atoms with Gasteiger partial charge in [-0.15, -0.1) is 0 Å². The standard InChI is InChI=1S/C14H22FNO2/c1-14(2,15)11-8-10(6-7-16-3)13(18-5)12(9-11)17-4/h8-9,16H,6-7H2,1-5H3. The summed E-state index contributed by atoms with van der Waals surface area (Å²) < 4.78 is 24.7. The zero-order valence-electron chi connectivity index (χ0n) is 11.8. The smallest absolute Gasteiger partial charge is 0.163 e. The van der Waals surface area contributed by atoms with Crippen LogP contribution in [0.15, 0.2) is 12.1 Å². The molecule has 0 bridgehead atoms. The minimum atomic E-state index is -1.39. The number of benzene rings is 1. The van der Waals surface area contributed by atoms with E-state index in [2.05, 4.69) is 5.32 Å². The summed E-state index contributed by atoms with van der Waals surface area (Å²) in [6.45, 7) is 3.88. The molecule has 0 saturated carbocycles. The predicted molar refractivity (Wildman–Crippen MR) is 71.3 cm³/mol. The molecule has 18 heavy (non-hydrogen) atoms. The third-order valence-corrected chi connectivity index (χ3v) is 2.89. The summed E-state index contributed by atoms with van der Waals surface area (Å²) in [6, 6.07) is 3.54. The van der Waals surface area contributed by atoms with Crippen LogP contribution in [0.2, 0.25) is 0 Å². The summed E-state index contributed by atoms with van der Waals surface area (Å²) in [7, 11) is 5.04. The van der Waals surface area contributed by atoms with E-state index in [0.717, 1.165) is 18.5 Å². The summed E-state index contributed by atoms with van der Waals surface area (Å²) in [5, 5.41) is 3.07. The summed E-state index contributed by atoms with van der Waals surface area (Å²) in [4.78, 5) is 0. The van der Waals surface area contributed by atoms with Gasteiger partial charge in [-0.05, 0) is 57.1 Å². The van der Waals surface area contributed by atoms with E-state index >= 15 is 0 Å². The monoisotopic (exact) mass is 255 g/mol. The van der Waals surface area contributed by atoms with Crippen LogP contribution >= 0.6 is 0 Å². The van der Waals surface area contributed by atoms with Gasteiger partial charge in [-0.1, -0.05) is 0 Å². The van der Waals surface area contributed by atoms with Crippen molar-refractivity contribution in [2.75, 3.05) is 27.8 Å². The number of hydrogen-bond acceptors (Lipinski definition) is 3. The Hall–Kier alpha value is -1.29. The largest absolute Gasteiger partial charge is 0.493 e. The third kappa shape index (κ3) is 3.35. The Labute approximate surface area is 108 Å². The second kappa shape index (κ2) is 6.05. The highest BCUT2D eigenvalue weighted by atomic mass is 19.1. The molecule has 0 unspecified atom stereocenters. The molecular weight excluding hydrogens is 233 g/mol. The molecule has 1 rings (SSSR count). The van der Waals surface area contributed by atoms with Crippen molar-refractivity contribution in [3.63, 3.8) is 0 Å². The Bertz CT molecular complexity index is 400. The van der Waals surface area contributed by atoms with Crippen LogP contribution in [-0.4, -0.2) is 27.8 Å². The van der Waals surface area contributed by atoms with E-state index in [1.54, 1.807) is 20.3 Å². The number of hydrogen-bond donors (Lipinski definition) is 1. The molecular formula is C14H22FNO2. The molecule has 1 aromatic carbocycles. The number of halogens is 1. The molecule has 0 fully saturated rings. The molecule has 0 spiro atoms. The number of ether oxygens (including phenoxy) is 2. The lowest BCUT2D eigenvalue weighted by molar-refractivity contribution is 0.220. The van der Waals surface area contributed by atoms with Gasteiger partial charge >= 0.3 is 0 Å². The lowest BCUT2D eigenvalue weighted by atomic mass is 9.96. The maximum atomic E-state index is 14.1. The van der Waals surface area contributed by atoms with Crippen molar-refractivity contribution in [1.82, 2.24) is 5.32 Å². The Morgan fingerprint density at radius 1 is 1.22 bits per heavy atom. The van der Waals surface area contributed by atoms with Crippen LogP contribution in [0.5, 0.6) is 11.5 Å². The van der Waals surface area contributed by atoms with E-state index in [-0.39, 0.29) is 0 Å². The Kier molecular flexibility index (Phi) is 4.96. The second-order valence-electron chi connectivity index (χ2n) is 4.70. The molecule has 3 nitrogen and oxygen atoms in total. The lowest BCUT2D eigenvalue weighted by Gasteiger charge is -2.20. The van der Waals surface area contributed by atoms with Gasteiger partial charge < -0.3 is 14.8 Å². The van der Waals surface area contributed by atoms with E-state index < -0.39 is 5.67 Å². The van der Waals surface area contributed by atoms with Gasteiger partial charge in [0.15, 0.2) is 11.5 Å². The molecule has 0 amide bonds. The molecule has 0 atom stereocenters. The lowest BCUT2D eigenvalue weighted by Crippen LogP contribution is -2.14. The summed E-state index contributed by atoms with van der Waals surface area (Å²) >= 11 is 0. The quantitative estimate of drug-likeness (QED) is 0.847. The first-order valence-corrected chi connectivity index (χ1v) is 6.03. The summed E-state index contributed by atoms with van der Waals surface area (Å²) in [5.41, 5.74) is 0.159. The van der Waals surface area contributed by atoms with Gasteiger partial charge in [0, 0.05) is 0 Å². The summed E-state index contributed by atoms with van der Waals surface area (Å²) in [6.07, 6.45) is 0.764. The highest BCUT2D eigenvalue weighted by molar-refractivity contribution is 5.50. The average Bonchev–Trinajstić information content (AvgIpc) is 2.33. The van der Waals surface area contributed by atoms with Crippen molar-refractivity contribution >= 4 is 0 Å². The SMILES string of the molecule is CNCCc1cc(C(C)(C)F)cc(OC)c1OC. The minimum Gasteiger partial charge on any atom is -0.493 e. The molecule has 4 heteroatoms. The van der Waals surface area contributed by atoms with Gasteiger partial charge in [0.2, 0.25) is 0 Å². The highest BCUT2D eigenvalue weighted by Gasteiger charge is 2.23. The summed E-state index contributed by atoms with van der Waals surface area (Å²) in [5.74, 6) is 1.26. The van der Waals surface area contributed by atoms with Crippen LogP contribution in [0.25, 0.3) is 0 Å². The topological polar surface area (TPSA) is 30.5 Å². The average molecular weight is 255 g/mol. The normalized spacial score (nSPS) is 11.4. The van der Waals surface area contributed by atoms with Crippen LogP contribution in [-0.2, 0) is 12.1 Å². The highest BCUT2D eigenvalue weighted by Crippen LogP contribution is 2.37. The van der Waals surface area contributed by atoms with Crippen LogP contribution in [0.4, 0.5) is 4.39 Å². The fraction of sp³-hybridized carbons (Fsp3) is 0.571. The molecule has 0 aliphatic carbocycles. The number of likely N-dealkylation sites (N-methyl/N-ethyl adjacent to an activating group) is 1. The van der Waals surface area contributed by atoms with E-state index in [4.69, 9.17) is 9.47 Å². The Morgan fingerprint density at radius 3 is 2.33 bits per heavy atom. The maximum Gasteiger partial charge on any atom is 0.163 e. The van der Waals surface area contributed by atoms with Crippen molar-refractivity contribution in [3.8, 4) is 11.5 Å². The van der Waals surface area contributed by atoms with Crippen LogP contribution in [0.3, 0.4) is 0 Å². The second-order valence-corrected chi connectivity index (χ2v) is 4.70. The first-order chi connectivity index (χ1) is 8.43. The van der Waals surface area contributed by atoms with Crippen molar-refractivity contribution in [3.05, 3.63) is 23.3 Å². The molecule has 1 N–H and O–H groups in total. The zero-order chi connectivity index (χ0) is 13.8. The van der Waals surface area contributed by atoms with Crippen molar-refractivity contribution < 1.29 is 13.9 Å². The number of nitrogens with one attached hydrogen (secondary N) is 1. The van der Waals surface area contributed by atoms with Crippen molar-refractivity contribution in [1.29, 1.82) is 0 Å². The predicted octanol–water partition coefficient (Wildman–Crippen LogP) is 2.67. The van der Waals surface area contributed by atoms with E-state index in [0.29, 0.717) is 17.1 Å². The Morgan fingerprint density at radius 2 is 1.89 bits per heavy atom. The van der Waals surface area contributed by atoms with E-state index in [1.807, 2.05) is 13.1 Å². The van der Waals surface area contributed by atoms with Gasteiger partial charge in [-0.25, -0.2) is 4.39 Å². The van der Waals surface area contributed by atoms with E-state index in [1.165, 1.54) is 13.8 Å². The van der Waals surface area contributed by atoms with Gasteiger partial charge in [0.05, 0.1) is 14.2 Å². The first kappa shape index (κ1) is 14.8. The molecule has 0 aliphatic rings. The molecule has 0 aromatic heterocycles. The molecule has 102 valence electrons. The molecule has 0 saturated heterocycles. The maximum absolute atomic E-state index is 14.1. The third-order valence-electron chi connectivity index (χ3n) is 2.89. The van der Waals surface area contributed by atoms with Gasteiger partial charge in [-0.3, -0.25) is 0 Å². The molecule has 1 aromatic rings. The molecule has 0 radical (unpaired) electrons. The van der Waals surface area contributed by atoms with Crippen LogP contribution in [0, 0.1) is 0 Å². The van der Waals surface area contributed by atoms with Crippen molar-refractivity contribution in [2.24, 2.45) is 0 Å². The van der Waals surface area contributed by atoms with Gasteiger partial charge in [0.25, 0.3) is 0 Å².